The molecule has 0 aromatic heterocycles. The minimum atomic E-state index is -0.266. The van der Waals surface area contributed by atoms with Gasteiger partial charge in [0.2, 0.25) is 0 Å². The summed E-state index contributed by atoms with van der Waals surface area (Å²) >= 11 is 6.10. The Kier molecular flexibility index (Phi) is 5.59. The molecular weight excluding hydrogens is 350 g/mol. The largest absolute Gasteiger partial charge is 0.336 e. The Bertz CT molecular complexity index is 830. The molecule has 2 aromatic rings. The van der Waals surface area contributed by atoms with Crippen molar-refractivity contribution < 1.29 is 9.59 Å². The van der Waals surface area contributed by atoms with Crippen LogP contribution in [0, 0.1) is 6.92 Å². The molecule has 1 saturated heterocycles. The summed E-state index contributed by atoms with van der Waals surface area (Å²) < 4.78 is 0. The molecule has 1 aliphatic heterocycles. The number of hydrogen-bond donors (Lipinski definition) is 1. The standard InChI is InChI=1S/C20H22ClN3O2/c1-14-6-7-17(13-18(14)21)22-19(25)15-4-3-5-16(12-15)20(26)24-10-8-23(2)9-11-24/h3-7,12-13H,8-11H2,1-2H3,(H,22,25). The van der Waals surface area contributed by atoms with E-state index in [1.54, 1.807) is 36.4 Å². The van der Waals surface area contributed by atoms with Crippen LogP contribution in [0.15, 0.2) is 42.5 Å². The zero-order valence-electron chi connectivity index (χ0n) is 15.0. The molecule has 3 rings (SSSR count). The predicted octanol–water partition coefficient (Wildman–Crippen LogP) is 3.29. The van der Waals surface area contributed by atoms with Crippen LogP contribution >= 0.6 is 11.6 Å². The van der Waals surface area contributed by atoms with E-state index in [4.69, 9.17) is 11.6 Å². The third-order valence-electron chi connectivity index (χ3n) is 4.59. The topological polar surface area (TPSA) is 52.7 Å². The van der Waals surface area contributed by atoms with E-state index in [9.17, 15) is 9.59 Å². The van der Waals surface area contributed by atoms with Crippen molar-refractivity contribution in [2.24, 2.45) is 0 Å². The summed E-state index contributed by atoms with van der Waals surface area (Å²) in [5.74, 6) is -0.302. The molecule has 0 atom stereocenters. The van der Waals surface area contributed by atoms with Gasteiger partial charge in [0.25, 0.3) is 11.8 Å². The van der Waals surface area contributed by atoms with Crippen molar-refractivity contribution in [3.8, 4) is 0 Å². The SMILES string of the molecule is Cc1ccc(NC(=O)c2cccc(C(=O)N3CCN(C)CC3)c2)cc1Cl. The number of hydrogen-bond acceptors (Lipinski definition) is 3. The Hall–Kier alpha value is -2.37. The average Bonchev–Trinajstić information content (AvgIpc) is 2.65. The fourth-order valence-corrected chi connectivity index (χ4v) is 3.04. The molecule has 1 N–H and O–H groups in total. The predicted molar refractivity (Wildman–Crippen MR) is 104 cm³/mol. The molecule has 2 amide bonds. The van der Waals surface area contributed by atoms with Gasteiger partial charge < -0.3 is 15.1 Å². The van der Waals surface area contributed by atoms with E-state index in [0.29, 0.717) is 34.9 Å². The molecule has 0 unspecified atom stereocenters. The maximum atomic E-state index is 12.7. The number of carbonyl (C=O) groups excluding carboxylic acids is 2. The van der Waals surface area contributed by atoms with Crippen molar-refractivity contribution in [2.75, 3.05) is 38.5 Å². The number of amides is 2. The average molecular weight is 372 g/mol. The Labute approximate surface area is 158 Å². The summed E-state index contributed by atoms with van der Waals surface area (Å²) in [7, 11) is 2.05. The monoisotopic (exact) mass is 371 g/mol. The summed E-state index contributed by atoms with van der Waals surface area (Å²) in [5, 5.41) is 3.42. The third-order valence-corrected chi connectivity index (χ3v) is 5.00. The van der Waals surface area contributed by atoms with Crippen LogP contribution in [0.25, 0.3) is 0 Å². The van der Waals surface area contributed by atoms with Crippen LogP contribution in [0.1, 0.15) is 26.3 Å². The molecule has 26 heavy (non-hydrogen) atoms. The first-order valence-electron chi connectivity index (χ1n) is 8.59. The number of rotatable bonds is 3. The van der Waals surface area contributed by atoms with Crippen LogP contribution in [0.4, 0.5) is 5.69 Å². The second-order valence-electron chi connectivity index (χ2n) is 6.59. The van der Waals surface area contributed by atoms with Gasteiger partial charge in [-0.25, -0.2) is 0 Å². The van der Waals surface area contributed by atoms with Crippen molar-refractivity contribution in [2.45, 2.75) is 6.92 Å². The van der Waals surface area contributed by atoms with Crippen LogP contribution in [-0.4, -0.2) is 54.8 Å². The highest BCUT2D eigenvalue weighted by Gasteiger charge is 2.21. The molecule has 0 radical (unpaired) electrons. The number of benzene rings is 2. The first-order chi connectivity index (χ1) is 12.4. The van der Waals surface area contributed by atoms with E-state index in [-0.39, 0.29) is 11.8 Å². The van der Waals surface area contributed by atoms with Gasteiger partial charge in [0.1, 0.15) is 0 Å². The lowest BCUT2D eigenvalue weighted by Gasteiger charge is -2.32. The lowest BCUT2D eigenvalue weighted by atomic mass is 10.1. The van der Waals surface area contributed by atoms with Gasteiger partial charge in [0, 0.05) is 48.0 Å². The van der Waals surface area contributed by atoms with Crippen molar-refractivity contribution in [1.82, 2.24) is 9.80 Å². The third kappa shape index (κ3) is 4.23. The molecule has 1 aliphatic rings. The summed E-state index contributed by atoms with van der Waals surface area (Å²) in [6.45, 7) is 5.03. The van der Waals surface area contributed by atoms with Crippen LogP contribution in [0.2, 0.25) is 5.02 Å². The molecule has 0 bridgehead atoms. The highest BCUT2D eigenvalue weighted by atomic mass is 35.5. The van der Waals surface area contributed by atoms with Gasteiger partial charge in [-0.3, -0.25) is 9.59 Å². The van der Waals surface area contributed by atoms with E-state index in [0.717, 1.165) is 18.7 Å². The molecular formula is C20H22ClN3O2. The second kappa shape index (κ2) is 7.89. The minimum Gasteiger partial charge on any atom is -0.336 e. The Morgan fingerprint density at radius 3 is 2.38 bits per heavy atom. The van der Waals surface area contributed by atoms with Gasteiger partial charge in [0.15, 0.2) is 0 Å². The first-order valence-corrected chi connectivity index (χ1v) is 8.97. The summed E-state index contributed by atoms with van der Waals surface area (Å²) in [4.78, 5) is 29.2. The van der Waals surface area contributed by atoms with Crippen molar-refractivity contribution in [1.29, 1.82) is 0 Å². The lowest BCUT2D eigenvalue weighted by Crippen LogP contribution is -2.47. The number of nitrogens with zero attached hydrogens (tertiary/aromatic N) is 2. The Morgan fingerprint density at radius 1 is 1.00 bits per heavy atom. The zero-order chi connectivity index (χ0) is 18.7. The maximum absolute atomic E-state index is 12.7. The fraction of sp³-hybridized carbons (Fsp3) is 0.300. The van der Waals surface area contributed by atoms with Gasteiger partial charge in [-0.05, 0) is 49.9 Å². The number of nitrogens with one attached hydrogen (secondary N) is 1. The van der Waals surface area contributed by atoms with E-state index in [1.165, 1.54) is 0 Å². The minimum absolute atomic E-state index is 0.0360. The summed E-state index contributed by atoms with van der Waals surface area (Å²) in [6.07, 6.45) is 0. The lowest BCUT2D eigenvalue weighted by molar-refractivity contribution is 0.0664. The van der Waals surface area contributed by atoms with E-state index in [1.807, 2.05) is 24.9 Å². The van der Waals surface area contributed by atoms with Crippen LogP contribution in [-0.2, 0) is 0 Å². The van der Waals surface area contributed by atoms with Crippen LogP contribution in [0.5, 0.6) is 0 Å². The molecule has 0 spiro atoms. The molecule has 0 aliphatic carbocycles. The molecule has 136 valence electrons. The zero-order valence-corrected chi connectivity index (χ0v) is 15.7. The molecule has 1 fully saturated rings. The molecule has 5 nitrogen and oxygen atoms in total. The van der Waals surface area contributed by atoms with Crippen LogP contribution in [0.3, 0.4) is 0 Å². The quantitative estimate of drug-likeness (QED) is 0.900. The van der Waals surface area contributed by atoms with Gasteiger partial charge in [-0.1, -0.05) is 23.7 Å². The summed E-state index contributed by atoms with van der Waals surface area (Å²) in [6, 6.07) is 12.2. The first kappa shape index (κ1) is 18.4. The van der Waals surface area contributed by atoms with Crippen molar-refractivity contribution in [3.63, 3.8) is 0 Å². The highest BCUT2D eigenvalue weighted by Crippen LogP contribution is 2.21. The molecule has 0 saturated carbocycles. The normalized spacial score (nSPS) is 15.0. The number of likely N-dealkylation sites (N-methyl/N-ethyl adjacent to an activating group) is 1. The number of aryl methyl sites for hydroxylation is 1. The molecule has 1 heterocycles. The smallest absolute Gasteiger partial charge is 0.255 e. The van der Waals surface area contributed by atoms with E-state index >= 15 is 0 Å². The van der Waals surface area contributed by atoms with E-state index < -0.39 is 0 Å². The summed E-state index contributed by atoms with van der Waals surface area (Å²) in [5.41, 5.74) is 2.55. The Morgan fingerprint density at radius 2 is 1.69 bits per heavy atom. The fourth-order valence-electron chi connectivity index (χ4n) is 2.86. The second-order valence-corrected chi connectivity index (χ2v) is 7.00. The molecule has 2 aromatic carbocycles. The van der Waals surface area contributed by atoms with Crippen LogP contribution < -0.4 is 5.32 Å². The Balaban J connectivity index is 1.72. The number of anilines is 1. The van der Waals surface area contributed by atoms with Crippen molar-refractivity contribution >= 4 is 29.1 Å². The maximum Gasteiger partial charge on any atom is 0.255 e. The van der Waals surface area contributed by atoms with Gasteiger partial charge in [-0.2, -0.15) is 0 Å². The molecule has 6 heteroatoms. The number of halogens is 1. The van der Waals surface area contributed by atoms with E-state index in [2.05, 4.69) is 10.2 Å². The van der Waals surface area contributed by atoms with Crippen molar-refractivity contribution in [3.05, 3.63) is 64.2 Å². The van der Waals surface area contributed by atoms with Gasteiger partial charge in [0.05, 0.1) is 0 Å². The highest BCUT2D eigenvalue weighted by molar-refractivity contribution is 6.31. The number of piperazine rings is 1. The van der Waals surface area contributed by atoms with Gasteiger partial charge >= 0.3 is 0 Å². The van der Waals surface area contributed by atoms with Gasteiger partial charge in [-0.15, -0.1) is 0 Å². The number of carbonyl (C=O) groups is 2.